The second-order valence-electron chi connectivity index (χ2n) is 8.76. The molecule has 0 spiro atoms. The normalized spacial score (nSPS) is 26.9. The number of carbonyl (C=O) groups excluding carboxylic acids is 1. The van der Waals surface area contributed by atoms with Crippen LogP contribution in [0.1, 0.15) is 39.3 Å². The number of anilines is 1. The van der Waals surface area contributed by atoms with Crippen LogP contribution in [0.2, 0.25) is 0 Å². The lowest BCUT2D eigenvalue weighted by Gasteiger charge is -2.33. The fourth-order valence-electron chi connectivity index (χ4n) is 4.39. The van der Waals surface area contributed by atoms with Crippen molar-refractivity contribution in [1.82, 2.24) is 10.3 Å². The summed E-state index contributed by atoms with van der Waals surface area (Å²) < 4.78 is 38.8. The molecular weight excluding hydrogens is 357 g/mol. The van der Waals surface area contributed by atoms with Crippen molar-refractivity contribution in [1.29, 1.82) is 0 Å². The highest BCUT2D eigenvalue weighted by Gasteiger charge is 2.45. The van der Waals surface area contributed by atoms with E-state index in [9.17, 15) is 18.0 Å². The van der Waals surface area contributed by atoms with Crippen LogP contribution in [0, 0.1) is 17.3 Å². The molecule has 3 N–H and O–H groups in total. The van der Waals surface area contributed by atoms with Crippen molar-refractivity contribution in [3.8, 4) is 0 Å². The number of alkyl halides is 3. The molecule has 1 aliphatic heterocycles. The number of aromatic nitrogens is 1. The number of nitrogens with zero attached hydrogens (tertiary/aromatic N) is 2. The number of fused-ring (bicyclic) bond motifs is 1. The molecule has 1 aromatic rings. The molecule has 3 rings (SSSR count). The van der Waals surface area contributed by atoms with E-state index in [0.29, 0.717) is 24.8 Å². The van der Waals surface area contributed by atoms with Gasteiger partial charge in [0.15, 0.2) is 0 Å². The van der Waals surface area contributed by atoms with Gasteiger partial charge in [-0.2, -0.15) is 13.2 Å². The molecule has 150 valence electrons. The van der Waals surface area contributed by atoms with Crippen LogP contribution in [0.3, 0.4) is 0 Å². The number of pyridine rings is 1. The summed E-state index contributed by atoms with van der Waals surface area (Å²) in [6.45, 7) is 7.22. The summed E-state index contributed by atoms with van der Waals surface area (Å²) in [5, 5.41) is 3.43. The van der Waals surface area contributed by atoms with Crippen molar-refractivity contribution in [3.63, 3.8) is 0 Å². The van der Waals surface area contributed by atoms with Crippen LogP contribution in [0.5, 0.6) is 0 Å². The van der Waals surface area contributed by atoms with Crippen molar-refractivity contribution < 1.29 is 18.0 Å². The van der Waals surface area contributed by atoms with E-state index in [-0.39, 0.29) is 23.3 Å². The van der Waals surface area contributed by atoms with E-state index in [2.05, 4.69) is 10.3 Å². The average molecular weight is 384 g/mol. The monoisotopic (exact) mass is 384 g/mol. The maximum Gasteiger partial charge on any atom is 0.433 e. The molecule has 5 nitrogen and oxygen atoms in total. The summed E-state index contributed by atoms with van der Waals surface area (Å²) >= 11 is 0. The molecule has 4 atom stereocenters. The first-order valence-electron chi connectivity index (χ1n) is 9.31. The molecule has 2 heterocycles. The Balaban J connectivity index is 1.72. The Morgan fingerprint density at radius 2 is 1.96 bits per heavy atom. The Morgan fingerprint density at radius 1 is 1.26 bits per heavy atom. The van der Waals surface area contributed by atoms with Crippen LogP contribution in [0.4, 0.5) is 19.0 Å². The first-order chi connectivity index (χ1) is 12.5. The van der Waals surface area contributed by atoms with Gasteiger partial charge in [-0.05, 0) is 42.2 Å². The number of nitrogens with two attached hydrogens (primary N) is 1. The number of carbonyl (C=O) groups is 1. The van der Waals surface area contributed by atoms with Crippen LogP contribution in [0.15, 0.2) is 18.2 Å². The minimum Gasteiger partial charge on any atom is -0.368 e. The van der Waals surface area contributed by atoms with E-state index in [1.807, 2.05) is 25.7 Å². The Hall–Kier alpha value is -1.83. The highest BCUT2D eigenvalue weighted by atomic mass is 19.4. The van der Waals surface area contributed by atoms with Crippen molar-refractivity contribution in [3.05, 3.63) is 23.9 Å². The maximum absolute atomic E-state index is 12.9. The van der Waals surface area contributed by atoms with Crippen molar-refractivity contribution in [2.45, 2.75) is 51.9 Å². The van der Waals surface area contributed by atoms with Gasteiger partial charge in [-0.3, -0.25) is 4.79 Å². The summed E-state index contributed by atoms with van der Waals surface area (Å²) in [7, 11) is 0. The number of halogens is 3. The second kappa shape index (κ2) is 6.96. The minimum atomic E-state index is -4.45. The lowest BCUT2D eigenvalue weighted by atomic mass is 9.85. The third kappa shape index (κ3) is 4.20. The summed E-state index contributed by atoms with van der Waals surface area (Å²) in [6, 6.07) is 3.70. The number of nitrogens with one attached hydrogen (secondary N) is 1. The smallest absolute Gasteiger partial charge is 0.368 e. The minimum absolute atomic E-state index is 0.127. The number of amides is 1. The zero-order valence-corrected chi connectivity index (χ0v) is 15.9. The number of hydrogen-bond acceptors (Lipinski definition) is 4. The van der Waals surface area contributed by atoms with Crippen molar-refractivity contribution in [2.75, 3.05) is 18.0 Å². The lowest BCUT2D eigenvalue weighted by molar-refractivity contribution is -0.141. The number of rotatable bonds is 4. The van der Waals surface area contributed by atoms with E-state index >= 15 is 0 Å². The molecule has 1 saturated carbocycles. The highest BCUT2D eigenvalue weighted by molar-refractivity contribution is 5.80. The van der Waals surface area contributed by atoms with E-state index < -0.39 is 17.9 Å². The zero-order chi connectivity index (χ0) is 20.0. The predicted molar refractivity (Wildman–Crippen MR) is 97.0 cm³/mol. The van der Waals surface area contributed by atoms with Gasteiger partial charge in [-0.1, -0.05) is 26.8 Å². The van der Waals surface area contributed by atoms with E-state index in [4.69, 9.17) is 5.73 Å². The highest BCUT2D eigenvalue weighted by Crippen LogP contribution is 2.41. The molecule has 2 fully saturated rings. The molecule has 0 radical (unpaired) electrons. The molecule has 1 saturated heterocycles. The molecule has 0 aromatic carbocycles. The fourth-order valence-corrected chi connectivity index (χ4v) is 4.39. The van der Waals surface area contributed by atoms with Gasteiger partial charge in [0, 0.05) is 19.1 Å². The molecule has 27 heavy (non-hydrogen) atoms. The summed E-state index contributed by atoms with van der Waals surface area (Å²) in [5.74, 6) is 0.637. The van der Waals surface area contributed by atoms with Gasteiger partial charge in [0.1, 0.15) is 11.5 Å². The molecule has 1 amide bonds. The van der Waals surface area contributed by atoms with Gasteiger partial charge >= 0.3 is 6.18 Å². The quantitative estimate of drug-likeness (QED) is 0.838. The van der Waals surface area contributed by atoms with E-state index in [1.165, 1.54) is 6.07 Å². The molecule has 1 aliphatic carbocycles. The van der Waals surface area contributed by atoms with Gasteiger partial charge in [0.2, 0.25) is 5.91 Å². The zero-order valence-electron chi connectivity index (χ0n) is 15.9. The maximum atomic E-state index is 12.9. The largest absolute Gasteiger partial charge is 0.433 e. The molecule has 0 bridgehead atoms. The van der Waals surface area contributed by atoms with Crippen molar-refractivity contribution in [2.24, 2.45) is 23.0 Å². The fraction of sp³-hybridized carbons (Fsp3) is 0.684. The van der Waals surface area contributed by atoms with Gasteiger partial charge in [-0.25, -0.2) is 4.98 Å². The van der Waals surface area contributed by atoms with Gasteiger partial charge < -0.3 is 16.0 Å². The Kier molecular flexibility index (Phi) is 5.14. The topological polar surface area (TPSA) is 71.2 Å². The summed E-state index contributed by atoms with van der Waals surface area (Å²) in [6.07, 6.45) is -2.52. The summed E-state index contributed by atoms with van der Waals surface area (Å²) in [5.41, 5.74) is 4.42. The Morgan fingerprint density at radius 3 is 2.56 bits per heavy atom. The molecule has 8 heteroatoms. The molecule has 2 aliphatic rings. The Labute approximate surface area is 157 Å². The van der Waals surface area contributed by atoms with Crippen LogP contribution in [-0.4, -0.2) is 36.1 Å². The molecule has 1 aromatic heterocycles. The van der Waals surface area contributed by atoms with Crippen LogP contribution in [-0.2, 0) is 11.0 Å². The van der Waals surface area contributed by atoms with Crippen molar-refractivity contribution >= 4 is 11.7 Å². The number of primary amides is 1. The first-order valence-corrected chi connectivity index (χ1v) is 9.31. The average Bonchev–Trinajstić information content (AvgIpc) is 3.11. The second-order valence-corrected chi connectivity index (χ2v) is 8.76. The van der Waals surface area contributed by atoms with Crippen LogP contribution >= 0.6 is 0 Å². The van der Waals surface area contributed by atoms with Gasteiger partial charge in [0.25, 0.3) is 0 Å². The van der Waals surface area contributed by atoms with Gasteiger partial charge in [-0.15, -0.1) is 0 Å². The standard InChI is InChI=1S/C19H27F3N4O/c1-18(2,3)16(17(23)27)24-13-8-7-11-9-26(10-12(11)13)15-6-4-5-14(25-15)19(20,21)22/h4-6,11-13,16,24H,7-10H2,1-3H3,(H2,23,27)/t11-,12+,13+,16-/m1/s1. The molecule has 0 unspecified atom stereocenters. The third-order valence-corrected chi connectivity index (χ3v) is 5.74. The third-order valence-electron chi connectivity index (χ3n) is 5.74. The molecular formula is C19H27F3N4O. The van der Waals surface area contributed by atoms with Crippen LogP contribution in [0.25, 0.3) is 0 Å². The SMILES string of the molecule is CC(C)(C)[C@H](N[C@H]1CC[C@@H]2CN(c3cccc(C(F)(F)F)n3)C[C@@H]21)C(N)=O. The van der Waals surface area contributed by atoms with E-state index in [1.54, 1.807) is 6.07 Å². The summed E-state index contributed by atoms with van der Waals surface area (Å²) in [4.78, 5) is 17.6. The predicted octanol–water partition coefficient (Wildman–Crippen LogP) is 2.80. The lowest BCUT2D eigenvalue weighted by Crippen LogP contribution is -2.54. The van der Waals surface area contributed by atoms with Gasteiger partial charge in [0.05, 0.1) is 6.04 Å². The Bertz CT molecular complexity index is 701. The van der Waals surface area contributed by atoms with Crippen LogP contribution < -0.4 is 16.0 Å². The first kappa shape index (κ1) is 19.9. The number of hydrogen-bond donors (Lipinski definition) is 2. The van der Waals surface area contributed by atoms with E-state index in [0.717, 1.165) is 18.9 Å².